The molecule has 0 spiro atoms. The van der Waals surface area contributed by atoms with E-state index in [1.807, 2.05) is 39.0 Å². The maximum atomic E-state index is 12.4. The smallest absolute Gasteiger partial charge is 0.326 e. The first-order valence-corrected chi connectivity index (χ1v) is 8.24. The summed E-state index contributed by atoms with van der Waals surface area (Å²) < 4.78 is 0. The fourth-order valence-corrected chi connectivity index (χ4v) is 2.98. The second-order valence-corrected chi connectivity index (χ2v) is 6.31. The van der Waals surface area contributed by atoms with Crippen LogP contribution in [0.1, 0.15) is 37.3 Å². The van der Waals surface area contributed by atoms with Gasteiger partial charge in [-0.1, -0.05) is 25.5 Å². The molecule has 1 saturated heterocycles. The Hall–Kier alpha value is -2.37. The van der Waals surface area contributed by atoms with E-state index in [9.17, 15) is 14.4 Å². The Morgan fingerprint density at radius 2 is 2.08 bits per heavy atom. The monoisotopic (exact) mass is 332 g/mol. The van der Waals surface area contributed by atoms with Crippen LogP contribution in [0.15, 0.2) is 18.2 Å². The molecule has 0 saturated carbocycles. The number of aryl methyl sites for hydroxylation is 1. The lowest BCUT2D eigenvalue weighted by atomic mass is 10.1. The number of carbonyl (C=O) groups excluding carboxylic acids is 2. The summed E-state index contributed by atoms with van der Waals surface area (Å²) in [5, 5.41) is 11.7. The maximum Gasteiger partial charge on any atom is 0.326 e. The van der Waals surface area contributed by atoms with E-state index >= 15 is 0 Å². The first-order valence-electron chi connectivity index (χ1n) is 8.24. The van der Waals surface area contributed by atoms with Gasteiger partial charge in [0.2, 0.25) is 11.8 Å². The summed E-state index contributed by atoms with van der Waals surface area (Å²) in [6, 6.07) is 4.84. The van der Waals surface area contributed by atoms with Crippen molar-refractivity contribution in [1.82, 2.24) is 5.32 Å². The van der Waals surface area contributed by atoms with E-state index in [4.69, 9.17) is 5.11 Å². The summed E-state index contributed by atoms with van der Waals surface area (Å²) in [6.45, 7) is 6.08. The molecule has 0 radical (unpaired) electrons. The van der Waals surface area contributed by atoms with Crippen LogP contribution in [0.4, 0.5) is 5.69 Å². The second-order valence-electron chi connectivity index (χ2n) is 6.31. The van der Waals surface area contributed by atoms with Gasteiger partial charge in [-0.25, -0.2) is 4.79 Å². The SMILES string of the molecule is CCCC(NC(=O)C1CC(=O)N(c2cccc(C)c2C)C1)C(=O)O. The molecule has 0 bridgehead atoms. The number of anilines is 1. The number of hydrogen-bond donors (Lipinski definition) is 2. The van der Waals surface area contributed by atoms with Crippen molar-refractivity contribution < 1.29 is 19.5 Å². The van der Waals surface area contributed by atoms with Crippen molar-refractivity contribution in [3.05, 3.63) is 29.3 Å². The number of nitrogens with one attached hydrogen (secondary N) is 1. The minimum absolute atomic E-state index is 0.105. The average molecular weight is 332 g/mol. The van der Waals surface area contributed by atoms with Crippen LogP contribution < -0.4 is 10.2 Å². The average Bonchev–Trinajstić information content (AvgIpc) is 2.91. The zero-order chi connectivity index (χ0) is 17.9. The van der Waals surface area contributed by atoms with Crippen LogP contribution in [0, 0.1) is 19.8 Å². The molecule has 0 aromatic heterocycles. The van der Waals surface area contributed by atoms with Crippen LogP contribution >= 0.6 is 0 Å². The standard InChI is InChI=1S/C18H24N2O4/c1-4-6-14(18(23)24)19-17(22)13-9-16(21)20(10-13)15-8-5-7-11(2)12(15)3/h5,7-8,13-14H,4,6,9-10H2,1-3H3,(H,19,22)(H,23,24). The second kappa shape index (κ2) is 7.47. The summed E-state index contributed by atoms with van der Waals surface area (Å²) in [6.07, 6.45) is 1.15. The zero-order valence-corrected chi connectivity index (χ0v) is 14.3. The van der Waals surface area contributed by atoms with Crippen LogP contribution in [0.25, 0.3) is 0 Å². The van der Waals surface area contributed by atoms with Crippen molar-refractivity contribution in [2.45, 2.75) is 46.1 Å². The minimum Gasteiger partial charge on any atom is -0.480 e. The molecule has 2 amide bonds. The number of carbonyl (C=O) groups is 3. The van der Waals surface area contributed by atoms with Crippen LogP contribution in [0.2, 0.25) is 0 Å². The van der Waals surface area contributed by atoms with Crippen LogP contribution in [0.3, 0.4) is 0 Å². The summed E-state index contributed by atoms with van der Waals surface area (Å²) in [4.78, 5) is 37.5. The van der Waals surface area contributed by atoms with Gasteiger partial charge in [0.25, 0.3) is 0 Å². The molecular formula is C18H24N2O4. The van der Waals surface area contributed by atoms with Gasteiger partial charge in [0.05, 0.1) is 5.92 Å². The Bertz CT molecular complexity index is 656. The van der Waals surface area contributed by atoms with Gasteiger partial charge in [0, 0.05) is 18.7 Å². The third-order valence-electron chi connectivity index (χ3n) is 4.55. The number of carboxylic acids is 1. The number of carboxylic acid groups (broad SMARTS) is 1. The maximum absolute atomic E-state index is 12.4. The third kappa shape index (κ3) is 3.75. The van der Waals surface area contributed by atoms with Crippen molar-refractivity contribution in [3.63, 3.8) is 0 Å². The number of aliphatic carboxylic acids is 1. The summed E-state index contributed by atoms with van der Waals surface area (Å²) >= 11 is 0. The van der Waals surface area contributed by atoms with Crippen LogP contribution in [-0.4, -0.2) is 35.5 Å². The molecule has 1 aliphatic heterocycles. The van der Waals surface area contributed by atoms with Crippen molar-refractivity contribution in [2.24, 2.45) is 5.92 Å². The Balaban J connectivity index is 2.10. The number of rotatable bonds is 6. The molecule has 2 N–H and O–H groups in total. The highest BCUT2D eigenvalue weighted by Crippen LogP contribution is 2.29. The topological polar surface area (TPSA) is 86.7 Å². The number of amides is 2. The molecular weight excluding hydrogens is 308 g/mol. The largest absolute Gasteiger partial charge is 0.480 e. The van der Waals surface area contributed by atoms with Crippen molar-refractivity contribution >= 4 is 23.5 Å². The molecule has 2 unspecified atom stereocenters. The van der Waals surface area contributed by atoms with Gasteiger partial charge >= 0.3 is 5.97 Å². The first kappa shape index (κ1) is 18.0. The molecule has 2 rings (SSSR count). The van der Waals surface area contributed by atoms with E-state index in [0.29, 0.717) is 12.8 Å². The Kier molecular flexibility index (Phi) is 5.59. The highest BCUT2D eigenvalue weighted by Gasteiger charge is 2.37. The molecule has 130 valence electrons. The Morgan fingerprint density at radius 1 is 1.38 bits per heavy atom. The van der Waals surface area contributed by atoms with Crippen molar-refractivity contribution in [1.29, 1.82) is 0 Å². The number of nitrogens with zero attached hydrogens (tertiary/aromatic N) is 1. The van der Waals surface area contributed by atoms with E-state index in [1.165, 1.54) is 0 Å². The lowest BCUT2D eigenvalue weighted by Gasteiger charge is -2.21. The summed E-state index contributed by atoms with van der Waals surface area (Å²) in [5.74, 6) is -2.03. The minimum atomic E-state index is -1.04. The molecule has 24 heavy (non-hydrogen) atoms. The molecule has 1 heterocycles. The Labute approximate surface area is 141 Å². The molecule has 1 aliphatic rings. The number of benzene rings is 1. The Morgan fingerprint density at radius 3 is 2.71 bits per heavy atom. The quantitative estimate of drug-likeness (QED) is 0.834. The zero-order valence-electron chi connectivity index (χ0n) is 14.3. The van der Waals surface area contributed by atoms with E-state index in [0.717, 1.165) is 16.8 Å². The van der Waals surface area contributed by atoms with Gasteiger partial charge in [0.15, 0.2) is 0 Å². The highest BCUT2D eigenvalue weighted by atomic mass is 16.4. The fourth-order valence-electron chi connectivity index (χ4n) is 2.98. The fraction of sp³-hybridized carbons (Fsp3) is 0.500. The van der Waals surface area contributed by atoms with Crippen molar-refractivity contribution in [3.8, 4) is 0 Å². The van der Waals surface area contributed by atoms with Gasteiger partial charge in [-0.2, -0.15) is 0 Å². The molecule has 1 aromatic carbocycles. The summed E-state index contributed by atoms with van der Waals surface area (Å²) in [5.41, 5.74) is 2.92. The van der Waals surface area contributed by atoms with Gasteiger partial charge in [-0.05, 0) is 37.5 Å². The van der Waals surface area contributed by atoms with Gasteiger partial charge in [-0.3, -0.25) is 9.59 Å². The lowest BCUT2D eigenvalue weighted by Crippen LogP contribution is -2.44. The van der Waals surface area contributed by atoms with Gasteiger partial charge in [-0.15, -0.1) is 0 Å². The van der Waals surface area contributed by atoms with E-state index in [1.54, 1.807) is 4.90 Å². The molecule has 0 aliphatic carbocycles. The van der Waals surface area contributed by atoms with E-state index in [2.05, 4.69) is 5.32 Å². The normalized spacial score (nSPS) is 18.5. The predicted octanol–water partition coefficient (Wildman–Crippen LogP) is 2.03. The molecule has 1 fully saturated rings. The van der Waals surface area contributed by atoms with E-state index in [-0.39, 0.29) is 24.8 Å². The predicted molar refractivity (Wildman–Crippen MR) is 90.9 cm³/mol. The molecule has 1 aromatic rings. The molecule has 2 atom stereocenters. The van der Waals surface area contributed by atoms with Crippen molar-refractivity contribution in [2.75, 3.05) is 11.4 Å². The van der Waals surface area contributed by atoms with Crippen LogP contribution in [0.5, 0.6) is 0 Å². The van der Waals surface area contributed by atoms with Crippen LogP contribution in [-0.2, 0) is 14.4 Å². The summed E-state index contributed by atoms with van der Waals surface area (Å²) in [7, 11) is 0. The number of hydrogen-bond acceptors (Lipinski definition) is 3. The molecule has 6 heteroatoms. The first-order chi connectivity index (χ1) is 11.3. The third-order valence-corrected chi connectivity index (χ3v) is 4.55. The van der Waals surface area contributed by atoms with Gasteiger partial charge in [0.1, 0.15) is 6.04 Å². The van der Waals surface area contributed by atoms with E-state index < -0.39 is 17.9 Å². The molecule has 6 nitrogen and oxygen atoms in total. The van der Waals surface area contributed by atoms with Gasteiger partial charge < -0.3 is 15.3 Å². The lowest BCUT2D eigenvalue weighted by molar-refractivity contribution is -0.142. The highest BCUT2D eigenvalue weighted by molar-refractivity contribution is 6.01.